The van der Waals surface area contributed by atoms with E-state index in [1.165, 1.54) is 12.1 Å². The Morgan fingerprint density at radius 3 is 2.38 bits per heavy atom. The Hall–Kier alpha value is -2.03. The van der Waals surface area contributed by atoms with Gasteiger partial charge >= 0.3 is 6.09 Å². The van der Waals surface area contributed by atoms with Crippen molar-refractivity contribution in [3.63, 3.8) is 0 Å². The summed E-state index contributed by atoms with van der Waals surface area (Å²) in [5.74, 6) is -0.446. The van der Waals surface area contributed by atoms with E-state index in [1.807, 2.05) is 20.8 Å². The highest BCUT2D eigenvalue weighted by molar-refractivity contribution is 7.90. The number of sulfone groups is 1. The molecule has 0 aromatic carbocycles. The summed E-state index contributed by atoms with van der Waals surface area (Å²) < 4.78 is 33.2. The number of nitrogens with zero attached hydrogens (tertiary/aromatic N) is 1. The van der Waals surface area contributed by atoms with E-state index in [0.717, 1.165) is 19.1 Å². The van der Waals surface area contributed by atoms with Crippen molar-refractivity contribution < 1.29 is 27.2 Å². The molecule has 2 fully saturated rings. The average Bonchev–Trinajstić information content (AvgIpc) is 2.86. The molecule has 2 heterocycles. The number of hydrogen-bond donors (Lipinski definition) is 1. The smallest absolute Gasteiger partial charge is 0.410 e. The summed E-state index contributed by atoms with van der Waals surface area (Å²) in [7, 11) is -3.47. The van der Waals surface area contributed by atoms with E-state index >= 15 is 0 Å². The largest absolute Gasteiger partial charge is 0.444 e. The highest BCUT2D eigenvalue weighted by Gasteiger charge is 2.54. The predicted molar refractivity (Wildman–Crippen MR) is 92.5 cm³/mol. The number of carbonyl (C=O) groups is 2. The van der Waals surface area contributed by atoms with Crippen LogP contribution in [-0.2, 0) is 14.6 Å². The fourth-order valence-corrected chi connectivity index (χ4v) is 4.02. The van der Waals surface area contributed by atoms with Gasteiger partial charge in [-0.25, -0.2) is 13.2 Å². The molecule has 0 unspecified atom stereocenters. The maximum Gasteiger partial charge on any atom is 0.410 e. The van der Waals surface area contributed by atoms with Gasteiger partial charge in [-0.15, -0.1) is 0 Å². The summed E-state index contributed by atoms with van der Waals surface area (Å²) in [6.45, 7) is 6.76. The zero-order valence-corrected chi connectivity index (χ0v) is 16.2. The number of nitrogens with one attached hydrogen (secondary N) is 1. The monoisotopic (exact) mass is 384 g/mol. The van der Waals surface area contributed by atoms with Crippen molar-refractivity contribution in [3.8, 4) is 0 Å². The van der Waals surface area contributed by atoms with Crippen LogP contribution in [0.2, 0.25) is 0 Å². The van der Waals surface area contributed by atoms with Crippen LogP contribution >= 0.6 is 0 Å². The van der Waals surface area contributed by atoms with Crippen LogP contribution in [0.25, 0.3) is 0 Å². The van der Waals surface area contributed by atoms with Crippen LogP contribution in [0.3, 0.4) is 0 Å². The molecule has 1 N–H and O–H groups in total. The second-order valence-corrected chi connectivity index (χ2v) is 10.3. The quantitative estimate of drug-likeness (QED) is 0.852. The molecule has 1 aromatic heterocycles. The van der Waals surface area contributed by atoms with Crippen LogP contribution in [-0.4, -0.2) is 56.3 Å². The van der Waals surface area contributed by atoms with Crippen molar-refractivity contribution in [2.75, 3.05) is 19.3 Å². The van der Waals surface area contributed by atoms with E-state index in [4.69, 9.17) is 9.15 Å². The first-order chi connectivity index (χ1) is 11.9. The van der Waals surface area contributed by atoms with Crippen LogP contribution in [0, 0.1) is 5.41 Å². The molecule has 1 aromatic rings. The second kappa shape index (κ2) is 6.00. The molecule has 0 atom stereocenters. The van der Waals surface area contributed by atoms with Crippen LogP contribution < -0.4 is 5.32 Å². The molecule has 0 bridgehead atoms. The highest BCUT2D eigenvalue weighted by atomic mass is 32.2. The summed E-state index contributed by atoms with van der Waals surface area (Å²) in [6, 6.07) is 2.63. The molecule has 2 aliphatic rings. The Morgan fingerprint density at radius 2 is 1.88 bits per heavy atom. The van der Waals surface area contributed by atoms with Gasteiger partial charge in [0.1, 0.15) is 5.60 Å². The number of carbonyl (C=O) groups excluding carboxylic acids is 2. The highest BCUT2D eigenvalue weighted by Crippen LogP contribution is 2.48. The molecular formula is C17H24N2O6S. The van der Waals surface area contributed by atoms with Gasteiger partial charge in [0.2, 0.25) is 14.9 Å². The van der Waals surface area contributed by atoms with E-state index in [2.05, 4.69) is 5.32 Å². The average molecular weight is 384 g/mol. The standard InChI is InChI=1S/C17H24N2O6S/c1-16(2,3)25-15(21)19-9-17(10-19)7-11(8-17)18-14(20)12-5-6-13(24-12)26(4,22)23/h5-6,11H,7-10H2,1-4H3,(H,18,20). The van der Waals surface area contributed by atoms with Gasteiger partial charge in [-0.1, -0.05) is 0 Å². The van der Waals surface area contributed by atoms with E-state index in [9.17, 15) is 18.0 Å². The lowest BCUT2D eigenvalue weighted by Crippen LogP contribution is -2.67. The van der Waals surface area contributed by atoms with E-state index in [1.54, 1.807) is 4.90 Å². The fraction of sp³-hybridized carbons (Fsp3) is 0.647. The molecule has 26 heavy (non-hydrogen) atoms. The number of rotatable bonds is 3. The lowest BCUT2D eigenvalue weighted by atomic mass is 9.61. The Balaban J connectivity index is 1.46. The molecule has 1 aliphatic carbocycles. The first-order valence-electron chi connectivity index (χ1n) is 8.46. The maximum atomic E-state index is 12.2. The van der Waals surface area contributed by atoms with Gasteiger partial charge in [0, 0.05) is 30.8 Å². The molecule has 8 nitrogen and oxygen atoms in total. The zero-order chi connectivity index (χ0) is 19.3. The minimum atomic E-state index is -3.47. The SMILES string of the molecule is CC(C)(C)OC(=O)N1CC2(CC(NC(=O)c3ccc(S(C)(=O)=O)o3)C2)C1. The molecule has 1 saturated carbocycles. The molecule has 1 saturated heterocycles. The second-order valence-electron chi connectivity index (χ2n) is 8.31. The molecule has 2 amide bonds. The Bertz CT molecular complexity index is 822. The van der Waals surface area contributed by atoms with Gasteiger partial charge < -0.3 is 19.4 Å². The molecule has 9 heteroatoms. The maximum absolute atomic E-state index is 12.2. The van der Waals surface area contributed by atoms with Crippen molar-refractivity contribution in [1.29, 1.82) is 0 Å². The van der Waals surface area contributed by atoms with Crippen LogP contribution in [0.1, 0.15) is 44.2 Å². The first kappa shape index (κ1) is 18.8. The third-order valence-electron chi connectivity index (χ3n) is 4.57. The van der Waals surface area contributed by atoms with Crippen molar-refractivity contribution in [2.24, 2.45) is 5.41 Å². The van der Waals surface area contributed by atoms with Crippen molar-refractivity contribution >= 4 is 21.8 Å². The van der Waals surface area contributed by atoms with Gasteiger partial charge in [-0.2, -0.15) is 0 Å². The Kier molecular flexibility index (Phi) is 4.33. The van der Waals surface area contributed by atoms with Gasteiger partial charge in [0.15, 0.2) is 5.76 Å². The Labute approximate surface area is 152 Å². The lowest BCUT2D eigenvalue weighted by Gasteiger charge is -2.58. The van der Waals surface area contributed by atoms with Crippen molar-refractivity contribution in [2.45, 2.75) is 50.3 Å². The fourth-order valence-electron chi connectivity index (χ4n) is 3.46. The molecule has 144 valence electrons. The predicted octanol–water partition coefficient (Wildman–Crippen LogP) is 1.81. The third-order valence-corrected chi connectivity index (χ3v) is 5.52. The molecule has 0 radical (unpaired) electrons. The number of hydrogen-bond acceptors (Lipinski definition) is 6. The van der Waals surface area contributed by atoms with Gasteiger partial charge in [-0.3, -0.25) is 4.79 Å². The van der Waals surface area contributed by atoms with Crippen LogP contribution in [0.4, 0.5) is 4.79 Å². The summed E-state index contributed by atoms with van der Waals surface area (Å²) in [5, 5.41) is 2.62. The normalized spacial score (nSPS) is 19.6. The minimum Gasteiger partial charge on any atom is -0.444 e. The lowest BCUT2D eigenvalue weighted by molar-refractivity contribution is -0.0813. The summed E-state index contributed by atoms with van der Waals surface area (Å²) in [4.78, 5) is 25.8. The number of amides is 2. The van der Waals surface area contributed by atoms with Gasteiger partial charge in [0.25, 0.3) is 5.91 Å². The molecule has 1 spiro atoms. The zero-order valence-electron chi connectivity index (χ0n) is 15.4. The molecular weight excluding hydrogens is 360 g/mol. The summed E-state index contributed by atoms with van der Waals surface area (Å²) in [5.41, 5.74) is -0.459. The van der Waals surface area contributed by atoms with E-state index < -0.39 is 21.3 Å². The molecule has 3 rings (SSSR count). The van der Waals surface area contributed by atoms with Gasteiger partial charge in [-0.05, 0) is 45.7 Å². The van der Waals surface area contributed by atoms with Crippen molar-refractivity contribution in [1.82, 2.24) is 10.2 Å². The Morgan fingerprint density at radius 1 is 1.27 bits per heavy atom. The van der Waals surface area contributed by atoms with Crippen molar-refractivity contribution in [3.05, 3.63) is 17.9 Å². The van der Waals surface area contributed by atoms with Crippen LogP contribution in [0.15, 0.2) is 21.6 Å². The van der Waals surface area contributed by atoms with Crippen LogP contribution in [0.5, 0.6) is 0 Å². The minimum absolute atomic E-state index is 0.00456. The van der Waals surface area contributed by atoms with E-state index in [0.29, 0.717) is 13.1 Å². The van der Waals surface area contributed by atoms with Gasteiger partial charge in [0.05, 0.1) is 0 Å². The third kappa shape index (κ3) is 3.87. The first-order valence-corrected chi connectivity index (χ1v) is 10.3. The molecule has 1 aliphatic heterocycles. The number of likely N-dealkylation sites (tertiary alicyclic amines) is 1. The number of furan rings is 1. The summed E-state index contributed by atoms with van der Waals surface area (Å²) in [6.07, 6.45) is 2.27. The van der Waals surface area contributed by atoms with E-state index in [-0.39, 0.29) is 28.4 Å². The topological polar surface area (TPSA) is 106 Å². The summed E-state index contributed by atoms with van der Waals surface area (Å²) >= 11 is 0. The number of ether oxygens (including phenoxy) is 1.